The van der Waals surface area contributed by atoms with Gasteiger partial charge in [0.05, 0.1) is 0 Å². The van der Waals surface area contributed by atoms with Gasteiger partial charge in [-0.3, -0.25) is 4.79 Å². The Labute approximate surface area is 97.0 Å². The summed E-state index contributed by atoms with van der Waals surface area (Å²) in [6.07, 6.45) is 2.77. The highest BCUT2D eigenvalue weighted by atomic mass is 16.3. The number of aliphatic hydroxyl groups excluding tert-OH is 1. The normalized spacial score (nSPS) is 32.4. The largest absolute Gasteiger partial charge is 0.396 e. The van der Waals surface area contributed by atoms with Crippen LogP contribution in [0.25, 0.3) is 0 Å². The van der Waals surface area contributed by atoms with E-state index in [1.165, 1.54) is 0 Å². The molecule has 0 aliphatic carbocycles. The molecule has 0 saturated carbocycles. The fourth-order valence-electron chi connectivity index (χ4n) is 2.88. The first-order valence-corrected chi connectivity index (χ1v) is 6.33. The molecule has 0 spiro atoms. The number of nitrogens with zero attached hydrogens (tertiary/aromatic N) is 1. The Hall–Kier alpha value is -0.610. The van der Waals surface area contributed by atoms with E-state index >= 15 is 0 Å². The zero-order valence-corrected chi connectivity index (χ0v) is 9.98. The van der Waals surface area contributed by atoms with E-state index in [0.29, 0.717) is 18.4 Å². The smallest absolute Gasteiger partial charge is 0.222 e. The van der Waals surface area contributed by atoms with E-state index in [1.54, 1.807) is 0 Å². The molecule has 2 heterocycles. The Morgan fingerprint density at radius 2 is 2.38 bits per heavy atom. The zero-order valence-electron chi connectivity index (χ0n) is 9.98. The van der Waals surface area contributed by atoms with Crippen molar-refractivity contribution in [3.8, 4) is 0 Å². The fourth-order valence-corrected chi connectivity index (χ4v) is 2.88. The molecule has 2 aliphatic rings. The standard InChI is InChI=1S/C12H22N2O2/c1-9(8-15)7-14-11-4-5-13-6-10(11)2-3-12(14)16/h9-11,13,15H,2-8H2,1H3. The van der Waals surface area contributed by atoms with Crippen molar-refractivity contribution >= 4 is 5.91 Å². The predicted octanol–water partition coefficient (Wildman–Crippen LogP) is 0.215. The van der Waals surface area contributed by atoms with Crippen LogP contribution >= 0.6 is 0 Å². The van der Waals surface area contributed by atoms with Crippen molar-refractivity contribution < 1.29 is 9.90 Å². The van der Waals surface area contributed by atoms with Crippen molar-refractivity contribution in [2.24, 2.45) is 11.8 Å². The first-order valence-electron chi connectivity index (χ1n) is 6.33. The highest BCUT2D eigenvalue weighted by molar-refractivity contribution is 5.77. The molecule has 2 rings (SSSR count). The predicted molar refractivity (Wildman–Crippen MR) is 62.0 cm³/mol. The Morgan fingerprint density at radius 1 is 1.56 bits per heavy atom. The number of piperidine rings is 2. The van der Waals surface area contributed by atoms with Crippen molar-refractivity contribution in [2.75, 3.05) is 26.2 Å². The molecule has 0 aromatic carbocycles. The lowest BCUT2D eigenvalue weighted by Crippen LogP contribution is -2.56. The van der Waals surface area contributed by atoms with Crippen molar-refractivity contribution in [3.05, 3.63) is 0 Å². The van der Waals surface area contributed by atoms with E-state index in [-0.39, 0.29) is 18.4 Å². The first-order chi connectivity index (χ1) is 7.72. The van der Waals surface area contributed by atoms with Crippen LogP contribution in [0.2, 0.25) is 0 Å². The molecule has 3 atom stereocenters. The molecule has 16 heavy (non-hydrogen) atoms. The molecule has 2 N–H and O–H groups in total. The third-order valence-electron chi connectivity index (χ3n) is 3.84. The SMILES string of the molecule is CC(CO)CN1C(=O)CCC2CNCCC21. The van der Waals surface area contributed by atoms with E-state index in [0.717, 1.165) is 32.5 Å². The van der Waals surface area contributed by atoms with Crippen LogP contribution in [0.1, 0.15) is 26.2 Å². The fraction of sp³-hybridized carbons (Fsp3) is 0.917. The summed E-state index contributed by atoms with van der Waals surface area (Å²) in [5, 5.41) is 12.5. The maximum absolute atomic E-state index is 11.9. The van der Waals surface area contributed by atoms with E-state index in [9.17, 15) is 4.79 Å². The van der Waals surface area contributed by atoms with Gasteiger partial charge >= 0.3 is 0 Å². The van der Waals surface area contributed by atoms with Crippen LogP contribution in [0.4, 0.5) is 0 Å². The lowest BCUT2D eigenvalue weighted by molar-refractivity contribution is -0.140. The van der Waals surface area contributed by atoms with Crippen LogP contribution in [0.5, 0.6) is 0 Å². The lowest BCUT2D eigenvalue weighted by atomic mass is 9.84. The summed E-state index contributed by atoms with van der Waals surface area (Å²) in [5.41, 5.74) is 0. The quantitative estimate of drug-likeness (QED) is 0.723. The Morgan fingerprint density at radius 3 is 3.12 bits per heavy atom. The number of aliphatic hydroxyl groups is 1. The minimum absolute atomic E-state index is 0.166. The van der Waals surface area contributed by atoms with Gasteiger partial charge in [0.25, 0.3) is 0 Å². The highest BCUT2D eigenvalue weighted by Crippen LogP contribution is 2.29. The van der Waals surface area contributed by atoms with Crippen LogP contribution in [0, 0.1) is 11.8 Å². The van der Waals surface area contributed by atoms with Crippen LogP contribution < -0.4 is 5.32 Å². The van der Waals surface area contributed by atoms with Crippen LogP contribution in [0.3, 0.4) is 0 Å². The van der Waals surface area contributed by atoms with Crippen molar-refractivity contribution in [3.63, 3.8) is 0 Å². The number of rotatable bonds is 3. The number of amides is 1. The van der Waals surface area contributed by atoms with Gasteiger partial charge in [-0.2, -0.15) is 0 Å². The number of carbonyl (C=O) groups is 1. The number of hydrogen-bond acceptors (Lipinski definition) is 3. The molecule has 4 heteroatoms. The molecule has 1 amide bonds. The number of fused-ring (bicyclic) bond motifs is 1. The van der Waals surface area contributed by atoms with E-state index < -0.39 is 0 Å². The van der Waals surface area contributed by atoms with Gasteiger partial charge in [-0.05, 0) is 37.8 Å². The summed E-state index contributed by atoms with van der Waals surface area (Å²) in [4.78, 5) is 13.9. The topological polar surface area (TPSA) is 52.6 Å². The molecule has 2 fully saturated rings. The van der Waals surface area contributed by atoms with Gasteiger partial charge in [-0.15, -0.1) is 0 Å². The second-order valence-corrected chi connectivity index (χ2v) is 5.19. The Bertz CT molecular complexity index is 257. The molecule has 2 saturated heterocycles. The molecule has 92 valence electrons. The van der Waals surface area contributed by atoms with Gasteiger partial charge in [0.15, 0.2) is 0 Å². The van der Waals surface area contributed by atoms with Crippen molar-refractivity contribution in [1.82, 2.24) is 10.2 Å². The molecule has 0 radical (unpaired) electrons. The molecule has 0 aromatic rings. The molecule has 3 unspecified atom stereocenters. The van der Waals surface area contributed by atoms with E-state index in [2.05, 4.69) is 5.32 Å². The summed E-state index contributed by atoms with van der Waals surface area (Å²) < 4.78 is 0. The maximum Gasteiger partial charge on any atom is 0.222 e. The average molecular weight is 226 g/mol. The summed E-state index contributed by atoms with van der Waals surface area (Å²) in [6, 6.07) is 0.413. The minimum Gasteiger partial charge on any atom is -0.396 e. The van der Waals surface area contributed by atoms with Gasteiger partial charge in [-0.25, -0.2) is 0 Å². The molecular formula is C12H22N2O2. The van der Waals surface area contributed by atoms with Crippen molar-refractivity contribution in [2.45, 2.75) is 32.2 Å². The first kappa shape index (κ1) is 11.9. The number of hydrogen-bond donors (Lipinski definition) is 2. The molecular weight excluding hydrogens is 204 g/mol. The number of carbonyl (C=O) groups excluding carboxylic acids is 1. The van der Waals surface area contributed by atoms with Gasteiger partial charge in [0.2, 0.25) is 5.91 Å². The average Bonchev–Trinajstić information content (AvgIpc) is 2.32. The third-order valence-corrected chi connectivity index (χ3v) is 3.84. The summed E-state index contributed by atoms with van der Waals surface area (Å²) >= 11 is 0. The molecule has 0 aromatic heterocycles. The maximum atomic E-state index is 11.9. The molecule has 4 nitrogen and oxygen atoms in total. The lowest BCUT2D eigenvalue weighted by Gasteiger charge is -2.45. The third kappa shape index (κ3) is 2.38. The Balaban J connectivity index is 2.03. The zero-order chi connectivity index (χ0) is 11.5. The van der Waals surface area contributed by atoms with Crippen LogP contribution in [0.15, 0.2) is 0 Å². The summed E-state index contributed by atoms with van der Waals surface area (Å²) in [6.45, 7) is 4.94. The highest BCUT2D eigenvalue weighted by Gasteiger charge is 2.37. The summed E-state index contributed by atoms with van der Waals surface area (Å²) in [7, 11) is 0. The molecule has 0 bridgehead atoms. The number of nitrogens with one attached hydrogen (secondary N) is 1. The van der Waals surface area contributed by atoms with Gasteiger partial charge in [0.1, 0.15) is 0 Å². The van der Waals surface area contributed by atoms with E-state index in [1.807, 2.05) is 11.8 Å². The monoisotopic (exact) mass is 226 g/mol. The summed E-state index contributed by atoms with van der Waals surface area (Å²) in [5.74, 6) is 1.10. The Kier molecular flexibility index (Phi) is 3.82. The van der Waals surface area contributed by atoms with Gasteiger partial charge in [-0.1, -0.05) is 6.92 Å². The second kappa shape index (κ2) is 5.15. The van der Waals surface area contributed by atoms with Crippen LogP contribution in [-0.2, 0) is 4.79 Å². The molecule has 2 aliphatic heterocycles. The number of likely N-dealkylation sites (tertiary alicyclic amines) is 1. The minimum atomic E-state index is 0.166. The van der Waals surface area contributed by atoms with Gasteiger partial charge in [0, 0.05) is 25.6 Å². The second-order valence-electron chi connectivity index (χ2n) is 5.19. The van der Waals surface area contributed by atoms with E-state index in [4.69, 9.17) is 5.11 Å². The van der Waals surface area contributed by atoms with Crippen molar-refractivity contribution in [1.29, 1.82) is 0 Å². The van der Waals surface area contributed by atoms with Crippen LogP contribution in [-0.4, -0.2) is 48.2 Å². The van der Waals surface area contributed by atoms with Gasteiger partial charge < -0.3 is 15.3 Å².